The molecule has 5 heteroatoms. The van der Waals surface area contributed by atoms with Gasteiger partial charge in [0.15, 0.2) is 9.84 Å². The maximum Gasteiger partial charge on any atom is 0.196 e. The number of aliphatic hydroxyl groups excluding tert-OH is 1. The van der Waals surface area contributed by atoms with Crippen LogP contribution in [0.1, 0.15) is 11.1 Å². The fraction of sp³-hybridized carbons (Fsp3) is 0.400. The van der Waals surface area contributed by atoms with E-state index in [2.05, 4.69) is 0 Å². The summed E-state index contributed by atoms with van der Waals surface area (Å²) < 4.78 is 23.6. The molecule has 0 fully saturated rings. The van der Waals surface area contributed by atoms with Crippen LogP contribution in [-0.4, -0.2) is 25.5 Å². The normalized spacial score (nSPS) is 13.9. The van der Waals surface area contributed by atoms with Gasteiger partial charge < -0.3 is 10.8 Å². The minimum atomic E-state index is -3.61. The predicted molar refractivity (Wildman–Crippen MR) is 58.2 cm³/mol. The molecule has 1 aromatic rings. The number of nitrogens with two attached hydrogens (primary N) is 1. The van der Waals surface area contributed by atoms with Crippen molar-refractivity contribution in [2.45, 2.75) is 24.1 Å². The Kier molecular flexibility index (Phi) is 3.49. The summed E-state index contributed by atoms with van der Waals surface area (Å²) in [6.07, 6.45) is 0. The SMILES string of the molecule is Cc1ccc(S(=O)(=O)C(N)CO)c(C)c1. The van der Waals surface area contributed by atoms with Crippen molar-refractivity contribution in [2.24, 2.45) is 5.73 Å². The molecular formula is C10H15NO3S. The minimum absolute atomic E-state index is 0.189. The third-order valence-corrected chi connectivity index (χ3v) is 4.23. The first-order chi connectivity index (χ1) is 6.89. The Morgan fingerprint density at radius 3 is 2.47 bits per heavy atom. The summed E-state index contributed by atoms with van der Waals surface area (Å²) in [5.74, 6) is 0. The molecule has 0 heterocycles. The van der Waals surface area contributed by atoms with Gasteiger partial charge in [-0.3, -0.25) is 0 Å². The van der Waals surface area contributed by atoms with Crippen molar-refractivity contribution in [1.82, 2.24) is 0 Å². The molecule has 15 heavy (non-hydrogen) atoms. The molecule has 3 N–H and O–H groups in total. The highest BCUT2D eigenvalue weighted by Gasteiger charge is 2.24. The molecule has 0 bridgehead atoms. The Morgan fingerprint density at radius 1 is 1.40 bits per heavy atom. The van der Waals surface area contributed by atoms with Crippen molar-refractivity contribution < 1.29 is 13.5 Å². The van der Waals surface area contributed by atoms with Crippen molar-refractivity contribution in [3.63, 3.8) is 0 Å². The lowest BCUT2D eigenvalue weighted by Crippen LogP contribution is -2.34. The van der Waals surface area contributed by atoms with E-state index in [1.807, 2.05) is 6.92 Å². The van der Waals surface area contributed by atoms with Crippen molar-refractivity contribution in [1.29, 1.82) is 0 Å². The highest BCUT2D eigenvalue weighted by molar-refractivity contribution is 7.92. The summed E-state index contributed by atoms with van der Waals surface area (Å²) in [6, 6.07) is 5.01. The molecular weight excluding hydrogens is 214 g/mol. The zero-order valence-corrected chi connectivity index (χ0v) is 9.58. The maximum absolute atomic E-state index is 11.8. The van der Waals surface area contributed by atoms with Gasteiger partial charge in [0.2, 0.25) is 0 Å². The van der Waals surface area contributed by atoms with E-state index in [1.165, 1.54) is 6.07 Å². The molecule has 0 aliphatic rings. The number of aryl methyl sites for hydroxylation is 2. The van der Waals surface area contributed by atoms with Gasteiger partial charge in [-0.1, -0.05) is 17.7 Å². The molecule has 4 nitrogen and oxygen atoms in total. The number of benzene rings is 1. The number of sulfone groups is 1. The van der Waals surface area contributed by atoms with Crippen LogP contribution in [0.3, 0.4) is 0 Å². The highest BCUT2D eigenvalue weighted by atomic mass is 32.2. The number of aliphatic hydroxyl groups is 1. The van der Waals surface area contributed by atoms with E-state index in [-0.39, 0.29) is 4.90 Å². The molecule has 0 amide bonds. The van der Waals surface area contributed by atoms with E-state index in [0.717, 1.165) is 5.56 Å². The van der Waals surface area contributed by atoms with E-state index in [0.29, 0.717) is 5.56 Å². The quantitative estimate of drug-likeness (QED) is 0.784. The average Bonchev–Trinajstić information content (AvgIpc) is 2.15. The maximum atomic E-state index is 11.8. The Bertz CT molecular complexity index is 454. The second-order valence-electron chi connectivity index (χ2n) is 3.53. The lowest BCUT2D eigenvalue weighted by Gasteiger charge is -2.12. The molecule has 0 aliphatic heterocycles. The van der Waals surface area contributed by atoms with Crippen LogP contribution in [0.5, 0.6) is 0 Å². The molecule has 0 saturated carbocycles. The fourth-order valence-corrected chi connectivity index (χ4v) is 2.67. The standard InChI is InChI=1S/C10H15NO3S/c1-7-3-4-9(8(2)5-7)15(13,14)10(11)6-12/h3-5,10,12H,6,11H2,1-2H3. The van der Waals surface area contributed by atoms with Gasteiger partial charge in [-0.2, -0.15) is 0 Å². The van der Waals surface area contributed by atoms with Crippen LogP contribution >= 0.6 is 0 Å². The Morgan fingerprint density at radius 2 is 2.00 bits per heavy atom. The predicted octanol–water partition coefficient (Wildman–Crippen LogP) is 0.354. The van der Waals surface area contributed by atoms with E-state index in [9.17, 15) is 8.42 Å². The largest absolute Gasteiger partial charge is 0.394 e. The molecule has 1 atom stereocenters. The van der Waals surface area contributed by atoms with E-state index in [1.54, 1.807) is 19.1 Å². The van der Waals surface area contributed by atoms with Gasteiger partial charge in [0.25, 0.3) is 0 Å². The van der Waals surface area contributed by atoms with E-state index in [4.69, 9.17) is 10.8 Å². The second-order valence-corrected chi connectivity index (χ2v) is 5.67. The van der Waals surface area contributed by atoms with Crippen molar-refractivity contribution >= 4 is 9.84 Å². The van der Waals surface area contributed by atoms with E-state index < -0.39 is 21.8 Å². The van der Waals surface area contributed by atoms with Gasteiger partial charge in [0.05, 0.1) is 11.5 Å². The van der Waals surface area contributed by atoms with Gasteiger partial charge in [0, 0.05) is 0 Å². The Balaban J connectivity index is 3.28. The van der Waals surface area contributed by atoms with Gasteiger partial charge in [-0.15, -0.1) is 0 Å². The molecule has 0 aliphatic carbocycles. The molecule has 84 valence electrons. The molecule has 0 radical (unpaired) electrons. The fourth-order valence-electron chi connectivity index (χ4n) is 1.38. The molecule has 0 saturated heterocycles. The van der Waals surface area contributed by atoms with Crippen molar-refractivity contribution in [3.8, 4) is 0 Å². The van der Waals surface area contributed by atoms with Crippen LogP contribution < -0.4 is 5.73 Å². The summed E-state index contributed by atoms with van der Waals surface area (Å²) in [5.41, 5.74) is 6.99. The lowest BCUT2D eigenvalue weighted by molar-refractivity contribution is 0.292. The van der Waals surface area contributed by atoms with Gasteiger partial charge >= 0.3 is 0 Å². The van der Waals surface area contributed by atoms with Crippen molar-refractivity contribution in [2.75, 3.05) is 6.61 Å². The van der Waals surface area contributed by atoms with Crippen LogP contribution in [0, 0.1) is 13.8 Å². The average molecular weight is 229 g/mol. The molecule has 0 spiro atoms. The van der Waals surface area contributed by atoms with Crippen LogP contribution in [0.15, 0.2) is 23.1 Å². The van der Waals surface area contributed by atoms with Crippen LogP contribution in [-0.2, 0) is 9.84 Å². The van der Waals surface area contributed by atoms with Crippen LogP contribution in [0.2, 0.25) is 0 Å². The first kappa shape index (κ1) is 12.2. The number of hydrogen-bond acceptors (Lipinski definition) is 4. The third kappa shape index (κ3) is 2.37. The van der Waals surface area contributed by atoms with Crippen LogP contribution in [0.4, 0.5) is 0 Å². The first-order valence-corrected chi connectivity index (χ1v) is 6.12. The molecule has 1 unspecified atom stereocenters. The summed E-state index contributed by atoms with van der Waals surface area (Å²) in [7, 11) is -3.61. The van der Waals surface area contributed by atoms with Gasteiger partial charge in [0.1, 0.15) is 5.37 Å². The summed E-state index contributed by atoms with van der Waals surface area (Å²) in [6.45, 7) is 3.02. The monoisotopic (exact) mass is 229 g/mol. The van der Waals surface area contributed by atoms with Gasteiger partial charge in [-0.25, -0.2) is 8.42 Å². The molecule has 0 aromatic heterocycles. The number of rotatable bonds is 3. The number of hydrogen-bond donors (Lipinski definition) is 2. The Labute approximate surface area is 89.7 Å². The first-order valence-electron chi connectivity index (χ1n) is 4.57. The van der Waals surface area contributed by atoms with E-state index >= 15 is 0 Å². The summed E-state index contributed by atoms with van der Waals surface area (Å²) >= 11 is 0. The smallest absolute Gasteiger partial charge is 0.196 e. The molecule has 1 rings (SSSR count). The lowest BCUT2D eigenvalue weighted by atomic mass is 10.2. The third-order valence-electron chi connectivity index (χ3n) is 2.22. The topological polar surface area (TPSA) is 80.4 Å². The van der Waals surface area contributed by atoms with Crippen molar-refractivity contribution in [3.05, 3.63) is 29.3 Å². The molecule has 1 aromatic carbocycles. The minimum Gasteiger partial charge on any atom is -0.394 e. The van der Waals surface area contributed by atoms with Gasteiger partial charge in [-0.05, 0) is 25.5 Å². The van der Waals surface area contributed by atoms with Crippen LogP contribution in [0.25, 0.3) is 0 Å². The Hall–Kier alpha value is -0.910. The zero-order chi connectivity index (χ0) is 11.6. The zero-order valence-electron chi connectivity index (χ0n) is 8.77. The summed E-state index contributed by atoms with van der Waals surface area (Å²) in [4.78, 5) is 0.189. The second kappa shape index (κ2) is 4.30. The highest BCUT2D eigenvalue weighted by Crippen LogP contribution is 2.19. The summed E-state index contributed by atoms with van der Waals surface area (Å²) in [5, 5.41) is 7.52.